The van der Waals surface area contributed by atoms with Crippen LogP contribution in [0.3, 0.4) is 0 Å². The van der Waals surface area contributed by atoms with Gasteiger partial charge in [-0.05, 0) is 101 Å². The number of amides is 1. The molecule has 12 heteroatoms. The summed E-state index contributed by atoms with van der Waals surface area (Å²) in [4.78, 5) is 57.3. The second-order valence-corrected chi connectivity index (χ2v) is 17.5. The molecule has 3 fully saturated rings. The molecule has 13 atom stereocenters. The lowest BCUT2D eigenvalue weighted by atomic mass is 9.65. The lowest BCUT2D eigenvalue weighted by Gasteiger charge is -2.47. The smallest absolute Gasteiger partial charge is 0.329 e. The summed E-state index contributed by atoms with van der Waals surface area (Å²) in [5.41, 5.74) is -0.236. The number of hydrogen-bond acceptors (Lipinski definition) is 10. The lowest BCUT2D eigenvalue weighted by molar-refractivity contribution is -0.178. The molecular formula is C42H66ClNO10. The Hall–Kier alpha value is -2.15. The van der Waals surface area contributed by atoms with Crippen LogP contribution in [-0.4, -0.2) is 114 Å². The molecule has 2 heterocycles. The van der Waals surface area contributed by atoms with Crippen LogP contribution >= 0.6 is 11.6 Å². The van der Waals surface area contributed by atoms with Crippen LogP contribution in [0.5, 0.6) is 0 Å². The zero-order valence-corrected chi connectivity index (χ0v) is 34.5. The summed E-state index contributed by atoms with van der Waals surface area (Å²) in [6, 6.07) is -1.05. The number of ether oxygens (including phenoxy) is 4. The maximum atomic E-state index is 14.3. The van der Waals surface area contributed by atoms with E-state index in [-0.39, 0.29) is 79.5 Å². The van der Waals surface area contributed by atoms with Crippen LogP contribution in [0.1, 0.15) is 112 Å². The molecule has 1 amide bonds. The van der Waals surface area contributed by atoms with Gasteiger partial charge in [-0.1, -0.05) is 38.5 Å². The summed E-state index contributed by atoms with van der Waals surface area (Å²) < 4.78 is 23.8. The molecule has 54 heavy (non-hydrogen) atoms. The summed E-state index contributed by atoms with van der Waals surface area (Å²) in [6.07, 6.45) is 6.60. The molecule has 4 rings (SSSR count). The van der Waals surface area contributed by atoms with Gasteiger partial charge in [-0.3, -0.25) is 14.4 Å². The van der Waals surface area contributed by atoms with Crippen LogP contribution in [0.15, 0.2) is 23.3 Å². The van der Waals surface area contributed by atoms with Crippen molar-refractivity contribution in [1.29, 1.82) is 0 Å². The van der Waals surface area contributed by atoms with Gasteiger partial charge in [0.15, 0.2) is 0 Å². The van der Waals surface area contributed by atoms with Gasteiger partial charge in [-0.2, -0.15) is 0 Å². The van der Waals surface area contributed by atoms with E-state index in [0.717, 1.165) is 24.0 Å². The molecule has 2 saturated carbocycles. The molecule has 0 aromatic carbocycles. The Kier molecular flexibility index (Phi) is 16.4. The van der Waals surface area contributed by atoms with Crippen LogP contribution in [0.2, 0.25) is 0 Å². The van der Waals surface area contributed by atoms with Crippen LogP contribution in [0, 0.1) is 29.6 Å². The van der Waals surface area contributed by atoms with Gasteiger partial charge in [-0.25, -0.2) is 4.79 Å². The summed E-state index contributed by atoms with van der Waals surface area (Å²) >= 11 is 6.51. The number of cyclic esters (lactones) is 1. The number of aliphatic hydroxyl groups is 2. The highest BCUT2D eigenvalue weighted by Gasteiger charge is 2.55. The Morgan fingerprint density at radius 3 is 2.28 bits per heavy atom. The summed E-state index contributed by atoms with van der Waals surface area (Å²) in [5.74, 6) is -4.04. The van der Waals surface area contributed by atoms with Gasteiger partial charge in [0, 0.05) is 52.6 Å². The Morgan fingerprint density at radius 1 is 0.944 bits per heavy atom. The molecule has 2 aliphatic heterocycles. The Bertz CT molecular complexity index is 1380. The van der Waals surface area contributed by atoms with Crippen molar-refractivity contribution in [3.8, 4) is 0 Å². The van der Waals surface area contributed by atoms with E-state index in [1.807, 2.05) is 19.9 Å². The number of aliphatic hydroxyl groups excluding tert-OH is 1. The van der Waals surface area contributed by atoms with E-state index in [1.165, 1.54) is 4.90 Å². The minimum absolute atomic E-state index is 0.0220. The number of alkyl halides is 1. The average Bonchev–Trinajstić information content (AvgIpc) is 3.15. The molecule has 2 bridgehead atoms. The lowest BCUT2D eigenvalue weighted by Crippen LogP contribution is -2.61. The highest BCUT2D eigenvalue weighted by molar-refractivity contribution is 6.39. The first-order valence-corrected chi connectivity index (χ1v) is 20.5. The van der Waals surface area contributed by atoms with Crippen molar-refractivity contribution >= 4 is 35.0 Å². The number of nitrogens with zero attached hydrogens (tertiary/aromatic N) is 1. The standard InChI is InChI=1S/C42H66ClNO10/c1-24-12-14-30(45)22-34(46)28(5)38(26(3)19-29-13-15-32(43)37(21-29)53-8)54-41(49)33-11-9-10-16-44(33)40(48)39(47)42(50)23-31(36(52-7)20-27(42)4)35(51-6)18-25(2)17-24/h12,19,25,27-29,31-38,46,50H,9-11,13-18,20-23H2,1-8H3/b24-12+,26-19+/t25-,27+,28+,29-,31+,32-,33-,34-,35-,36-,37+,38+,42-/m0/s1. The minimum atomic E-state index is -1.99. The van der Waals surface area contributed by atoms with E-state index in [4.69, 9.17) is 30.5 Å². The number of methoxy groups -OCH3 is 3. The highest BCUT2D eigenvalue weighted by Crippen LogP contribution is 2.43. The van der Waals surface area contributed by atoms with Gasteiger partial charge in [0.1, 0.15) is 23.5 Å². The second kappa shape index (κ2) is 19.8. The predicted molar refractivity (Wildman–Crippen MR) is 206 cm³/mol. The topological polar surface area (TPSA) is 149 Å². The molecule has 0 radical (unpaired) electrons. The van der Waals surface area contributed by atoms with E-state index >= 15 is 0 Å². The Labute approximate surface area is 327 Å². The highest BCUT2D eigenvalue weighted by atomic mass is 35.5. The monoisotopic (exact) mass is 779 g/mol. The molecule has 2 aliphatic carbocycles. The second-order valence-electron chi connectivity index (χ2n) is 16.9. The third-order valence-corrected chi connectivity index (χ3v) is 13.4. The van der Waals surface area contributed by atoms with Crippen LogP contribution in [0.25, 0.3) is 0 Å². The number of ketones is 2. The van der Waals surface area contributed by atoms with Crippen molar-refractivity contribution < 1.29 is 48.3 Å². The van der Waals surface area contributed by atoms with Crippen molar-refractivity contribution in [2.75, 3.05) is 27.9 Å². The number of esters is 1. The fourth-order valence-electron chi connectivity index (χ4n) is 9.46. The van der Waals surface area contributed by atoms with Crippen LogP contribution in [-0.2, 0) is 38.1 Å². The average molecular weight is 780 g/mol. The number of hydrogen-bond donors (Lipinski definition) is 2. The van der Waals surface area contributed by atoms with Crippen molar-refractivity contribution in [2.45, 2.75) is 159 Å². The van der Waals surface area contributed by atoms with Crippen molar-refractivity contribution in [1.82, 2.24) is 4.90 Å². The number of carbonyl (C=O) groups excluding carboxylic acids is 4. The first-order chi connectivity index (χ1) is 25.5. The molecule has 306 valence electrons. The molecule has 1 saturated heterocycles. The molecule has 0 aromatic heterocycles. The molecule has 0 aromatic rings. The van der Waals surface area contributed by atoms with Crippen LogP contribution in [0.4, 0.5) is 0 Å². The van der Waals surface area contributed by atoms with Crippen molar-refractivity contribution in [3.63, 3.8) is 0 Å². The molecule has 4 aliphatic rings. The molecule has 0 unspecified atom stereocenters. The van der Waals surface area contributed by atoms with E-state index in [2.05, 4.69) is 13.0 Å². The number of Topliss-reactive ketones (excluding diaryl/α,β-unsaturated/α-hetero) is 2. The first kappa shape index (κ1) is 44.6. The predicted octanol–water partition coefficient (Wildman–Crippen LogP) is 5.75. The number of allylic oxidation sites excluding steroid dienone is 3. The zero-order valence-electron chi connectivity index (χ0n) is 33.8. The molecule has 2 N–H and O–H groups in total. The number of fused-ring (bicyclic) bond motifs is 3. The fourth-order valence-corrected chi connectivity index (χ4v) is 9.79. The van der Waals surface area contributed by atoms with Crippen molar-refractivity contribution in [3.05, 3.63) is 23.3 Å². The summed E-state index contributed by atoms with van der Waals surface area (Å²) in [6.45, 7) is 9.63. The zero-order chi connectivity index (χ0) is 39.9. The van der Waals surface area contributed by atoms with Gasteiger partial charge in [-0.15, -0.1) is 11.6 Å². The van der Waals surface area contributed by atoms with E-state index < -0.39 is 53.3 Å². The van der Waals surface area contributed by atoms with E-state index in [0.29, 0.717) is 38.5 Å². The normalized spacial score (nSPS) is 41.3. The summed E-state index contributed by atoms with van der Waals surface area (Å²) in [7, 11) is 4.86. The van der Waals surface area contributed by atoms with Gasteiger partial charge in [0.2, 0.25) is 0 Å². The van der Waals surface area contributed by atoms with Gasteiger partial charge in [0.05, 0.1) is 29.8 Å². The number of halogens is 1. The Balaban J connectivity index is 1.72. The van der Waals surface area contributed by atoms with Crippen LogP contribution < -0.4 is 0 Å². The SMILES string of the molecule is CO[C@H]1C[C@@H](C)C/C(C)=C/CC(=O)C[C@H](O)[C@@H](C)[C@@H](/C(C)=C/[C@@H]2CC[C@H](Cl)[C@H](OC)C2)OC(=O)[C@@H]2CCCCN2C(=O)C(=O)[C@]2(O)C[C@H]1[C@@H](OC)C[C@H]2C. The molecular weight excluding hydrogens is 714 g/mol. The number of piperidine rings is 1. The third kappa shape index (κ3) is 10.6. The maximum absolute atomic E-state index is 14.3. The van der Waals surface area contributed by atoms with E-state index in [1.54, 1.807) is 35.2 Å². The van der Waals surface area contributed by atoms with E-state index in [9.17, 15) is 29.4 Å². The first-order valence-electron chi connectivity index (χ1n) is 20.1. The molecule has 11 nitrogen and oxygen atoms in total. The fraction of sp³-hybridized carbons (Fsp3) is 0.810. The van der Waals surface area contributed by atoms with Gasteiger partial charge < -0.3 is 34.1 Å². The maximum Gasteiger partial charge on any atom is 0.329 e. The minimum Gasteiger partial charge on any atom is -0.456 e. The van der Waals surface area contributed by atoms with Gasteiger partial charge in [0.25, 0.3) is 11.7 Å². The quantitative estimate of drug-likeness (QED) is 0.153. The number of carbonyl (C=O) groups is 4. The third-order valence-electron chi connectivity index (χ3n) is 12.9. The largest absolute Gasteiger partial charge is 0.456 e. The van der Waals surface area contributed by atoms with Crippen molar-refractivity contribution in [2.24, 2.45) is 29.6 Å². The molecule has 0 spiro atoms. The van der Waals surface area contributed by atoms with Gasteiger partial charge >= 0.3 is 5.97 Å². The number of rotatable bonds is 5. The summed E-state index contributed by atoms with van der Waals surface area (Å²) in [5, 5.41) is 23.6. The Morgan fingerprint density at radius 2 is 1.61 bits per heavy atom.